The molecule has 24 heavy (non-hydrogen) atoms. The molecule has 6 nitrogen and oxygen atoms in total. The topological polar surface area (TPSA) is 70.1 Å². The molecule has 0 aromatic heterocycles. The van der Waals surface area contributed by atoms with Crippen LogP contribution in [0, 0.1) is 5.92 Å². The highest BCUT2D eigenvalue weighted by molar-refractivity contribution is 5.73. The first kappa shape index (κ1) is 18.3. The first-order valence-corrected chi connectivity index (χ1v) is 8.28. The van der Waals surface area contributed by atoms with Gasteiger partial charge in [0.2, 0.25) is 0 Å². The summed E-state index contributed by atoms with van der Waals surface area (Å²) in [6.07, 6.45) is 0.0962. The molecule has 1 saturated heterocycles. The monoisotopic (exact) mass is 334 g/mol. The summed E-state index contributed by atoms with van der Waals surface area (Å²) in [5.41, 5.74) is 0.911. The van der Waals surface area contributed by atoms with E-state index in [1.54, 1.807) is 0 Å². The second-order valence-corrected chi connectivity index (χ2v) is 6.63. The zero-order valence-electron chi connectivity index (χ0n) is 14.5. The highest BCUT2D eigenvalue weighted by Crippen LogP contribution is 2.23. The van der Waals surface area contributed by atoms with E-state index in [1.807, 2.05) is 37.4 Å². The quantitative estimate of drug-likeness (QED) is 0.895. The van der Waals surface area contributed by atoms with E-state index in [2.05, 4.69) is 18.7 Å². The van der Waals surface area contributed by atoms with Crippen LogP contribution in [0.2, 0.25) is 0 Å². The normalized spacial score (nSPS) is 21.1. The molecule has 0 radical (unpaired) electrons. The van der Waals surface area contributed by atoms with Crippen molar-refractivity contribution < 1.29 is 19.4 Å². The number of carbonyl (C=O) groups excluding carboxylic acids is 1. The molecule has 2 rings (SSSR count). The number of aliphatic carboxylic acids is 1. The van der Waals surface area contributed by atoms with Crippen LogP contribution >= 0.6 is 0 Å². The van der Waals surface area contributed by atoms with Crippen molar-refractivity contribution in [1.29, 1.82) is 0 Å². The van der Waals surface area contributed by atoms with Crippen molar-refractivity contribution in [2.45, 2.75) is 39.0 Å². The van der Waals surface area contributed by atoms with Gasteiger partial charge in [-0.2, -0.15) is 0 Å². The lowest BCUT2D eigenvalue weighted by atomic mass is 9.93. The number of ether oxygens (including phenoxy) is 1. The molecule has 1 aliphatic rings. The van der Waals surface area contributed by atoms with Crippen molar-refractivity contribution in [2.75, 3.05) is 20.1 Å². The molecular formula is C18H26N2O4. The van der Waals surface area contributed by atoms with E-state index in [0.29, 0.717) is 13.0 Å². The lowest BCUT2D eigenvalue weighted by Gasteiger charge is -2.41. The number of carbonyl (C=O) groups is 2. The number of likely N-dealkylation sites (tertiary alicyclic amines) is 1. The van der Waals surface area contributed by atoms with Crippen molar-refractivity contribution in [3.8, 4) is 0 Å². The summed E-state index contributed by atoms with van der Waals surface area (Å²) < 4.78 is 5.36. The summed E-state index contributed by atoms with van der Waals surface area (Å²) in [7, 11) is 1.97. The van der Waals surface area contributed by atoms with E-state index in [9.17, 15) is 14.7 Å². The molecule has 0 spiro atoms. The third kappa shape index (κ3) is 4.71. The van der Waals surface area contributed by atoms with Crippen molar-refractivity contribution >= 4 is 12.1 Å². The second kappa shape index (κ2) is 8.15. The second-order valence-electron chi connectivity index (χ2n) is 6.63. The van der Waals surface area contributed by atoms with Gasteiger partial charge in [0.15, 0.2) is 0 Å². The molecule has 1 aromatic carbocycles. The maximum Gasteiger partial charge on any atom is 0.410 e. The van der Waals surface area contributed by atoms with Crippen LogP contribution < -0.4 is 0 Å². The summed E-state index contributed by atoms with van der Waals surface area (Å²) in [6, 6.07) is 9.75. The van der Waals surface area contributed by atoms with Gasteiger partial charge in [0, 0.05) is 25.2 Å². The highest BCUT2D eigenvalue weighted by Gasteiger charge is 2.36. The van der Waals surface area contributed by atoms with Crippen LogP contribution in [0.4, 0.5) is 4.79 Å². The van der Waals surface area contributed by atoms with Gasteiger partial charge in [-0.05, 0) is 32.9 Å². The van der Waals surface area contributed by atoms with Gasteiger partial charge in [-0.25, -0.2) is 4.79 Å². The molecule has 6 heteroatoms. The van der Waals surface area contributed by atoms with Crippen LogP contribution in [0.1, 0.15) is 25.8 Å². The predicted octanol–water partition coefficient (Wildman–Crippen LogP) is 2.44. The van der Waals surface area contributed by atoms with Crippen LogP contribution in [-0.2, 0) is 16.1 Å². The maximum atomic E-state index is 12.4. The van der Waals surface area contributed by atoms with Crippen LogP contribution in [0.25, 0.3) is 0 Å². The minimum Gasteiger partial charge on any atom is -0.481 e. The number of rotatable bonds is 5. The summed E-state index contributed by atoms with van der Waals surface area (Å²) in [5, 5.41) is 9.39. The van der Waals surface area contributed by atoms with Gasteiger partial charge in [0.1, 0.15) is 6.61 Å². The number of nitrogens with zero attached hydrogens (tertiary/aromatic N) is 2. The minimum atomic E-state index is -0.863. The zero-order chi connectivity index (χ0) is 17.7. The van der Waals surface area contributed by atoms with Crippen LogP contribution in [0.3, 0.4) is 0 Å². The van der Waals surface area contributed by atoms with Crippen molar-refractivity contribution in [1.82, 2.24) is 9.80 Å². The van der Waals surface area contributed by atoms with Crippen molar-refractivity contribution in [2.24, 2.45) is 5.92 Å². The molecule has 2 atom stereocenters. The molecule has 1 N–H and O–H groups in total. The smallest absolute Gasteiger partial charge is 0.410 e. The Balaban J connectivity index is 2.00. The lowest BCUT2D eigenvalue weighted by molar-refractivity contribution is -0.144. The molecule has 1 fully saturated rings. The lowest BCUT2D eigenvalue weighted by Crippen LogP contribution is -2.54. The van der Waals surface area contributed by atoms with Crippen LogP contribution in [0.15, 0.2) is 30.3 Å². The fourth-order valence-corrected chi connectivity index (χ4v) is 2.93. The van der Waals surface area contributed by atoms with Gasteiger partial charge < -0.3 is 14.7 Å². The molecule has 1 amide bonds. The largest absolute Gasteiger partial charge is 0.481 e. The van der Waals surface area contributed by atoms with Crippen molar-refractivity contribution in [3.63, 3.8) is 0 Å². The third-order valence-electron chi connectivity index (χ3n) is 4.63. The number of benzene rings is 1. The Morgan fingerprint density at radius 2 is 1.96 bits per heavy atom. The highest BCUT2D eigenvalue weighted by atomic mass is 16.6. The van der Waals surface area contributed by atoms with E-state index in [-0.39, 0.29) is 25.2 Å². The molecule has 132 valence electrons. The maximum absolute atomic E-state index is 12.4. The number of piperidine rings is 1. The Morgan fingerprint density at radius 1 is 1.29 bits per heavy atom. The molecule has 0 saturated carbocycles. The number of carboxylic acid groups (broad SMARTS) is 1. The standard InChI is InChI=1S/C18H26N2O4/c1-13(2)19(3)16-9-15(17(21)22)10-20(11-16)18(23)24-12-14-7-5-4-6-8-14/h4-8,13,15-16H,9-12H2,1-3H3,(H,21,22)/t15-,16+/m1/s1. The summed E-state index contributed by atoms with van der Waals surface area (Å²) in [6.45, 7) is 5.00. The number of hydrogen-bond donors (Lipinski definition) is 1. The molecule has 0 bridgehead atoms. The number of carboxylic acids is 1. The Hall–Kier alpha value is -2.08. The molecule has 1 heterocycles. The number of likely N-dealkylation sites (N-methyl/N-ethyl adjacent to an activating group) is 1. The van der Waals surface area contributed by atoms with E-state index in [0.717, 1.165) is 5.56 Å². The van der Waals surface area contributed by atoms with Gasteiger partial charge >= 0.3 is 12.1 Å². The van der Waals surface area contributed by atoms with E-state index in [4.69, 9.17) is 4.74 Å². The summed E-state index contributed by atoms with van der Waals surface area (Å²) in [5.74, 6) is -1.42. The first-order valence-electron chi connectivity index (χ1n) is 8.28. The molecule has 1 aromatic rings. The first-order chi connectivity index (χ1) is 11.4. The molecule has 1 aliphatic heterocycles. The van der Waals surface area contributed by atoms with Crippen LogP contribution in [0.5, 0.6) is 0 Å². The van der Waals surface area contributed by atoms with Gasteiger partial charge in [-0.1, -0.05) is 30.3 Å². The summed E-state index contributed by atoms with van der Waals surface area (Å²) in [4.78, 5) is 27.5. The Labute approximate surface area is 143 Å². The fourth-order valence-electron chi connectivity index (χ4n) is 2.93. The van der Waals surface area contributed by atoms with Crippen LogP contribution in [-0.4, -0.2) is 59.2 Å². The van der Waals surface area contributed by atoms with Gasteiger partial charge in [0.25, 0.3) is 0 Å². The Morgan fingerprint density at radius 3 is 2.54 bits per heavy atom. The van der Waals surface area contributed by atoms with E-state index >= 15 is 0 Å². The van der Waals surface area contributed by atoms with E-state index in [1.165, 1.54) is 4.90 Å². The predicted molar refractivity (Wildman–Crippen MR) is 90.6 cm³/mol. The number of amides is 1. The average molecular weight is 334 g/mol. The van der Waals surface area contributed by atoms with Gasteiger partial charge in [-0.3, -0.25) is 9.69 Å². The Bertz CT molecular complexity index is 561. The SMILES string of the molecule is CC(C)N(C)[C@H]1C[C@@H](C(=O)O)CN(C(=O)OCc2ccccc2)C1. The third-order valence-corrected chi connectivity index (χ3v) is 4.63. The number of hydrogen-bond acceptors (Lipinski definition) is 4. The van der Waals surface area contributed by atoms with Crippen molar-refractivity contribution in [3.05, 3.63) is 35.9 Å². The van der Waals surface area contributed by atoms with Gasteiger partial charge in [0.05, 0.1) is 5.92 Å². The van der Waals surface area contributed by atoms with Gasteiger partial charge in [-0.15, -0.1) is 0 Å². The average Bonchev–Trinajstić information content (AvgIpc) is 2.59. The van der Waals surface area contributed by atoms with E-state index < -0.39 is 18.0 Å². The minimum absolute atomic E-state index is 0.0177. The Kier molecular flexibility index (Phi) is 6.20. The fraction of sp³-hybridized carbons (Fsp3) is 0.556. The molecule has 0 aliphatic carbocycles. The molecular weight excluding hydrogens is 308 g/mol. The molecule has 0 unspecified atom stereocenters. The zero-order valence-corrected chi connectivity index (χ0v) is 14.5. The summed E-state index contributed by atoms with van der Waals surface area (Å²) >= 11 is 0.